The lowest BCUT2D eigenvalue weighted by Crippen LogP contribution is -2.46. The van der Waals surface area contributed by atoms with Crippen molar-refractivity contribution in [2.75, 3.05) is 70.4 Å². The molecule has 1 heterocycles. The average Bonchev–Trinajstić information content (AvgIpc) is 2.94. The number of hydrogen-bond acceptors (Lipinski definition) is 7. The van der Waals surface area contributed by atoms with Gasteiger partial charge in [-0.25, -0.2) is 0 Å². The summed E-state index contributed by atoms with van der Waals surface area (Å²) in [6.07, 6.45) is 18.9. The van der Waals surface area contributed by atoms with Crippen LogP contribution in [0, 0.1) is 0 Å². The summed E-state index contributed by atoms with van der Waals surface area (Å²) in [5.74, 6) is 2.42. The van der Waals surface area contributed by atoms with Gasteiger partial charge in [-0.05, 0) is 38.8 Å². The summed E-state index contributed by atoms with van der Waals surface area (Å²) in [5, 5.41) is 21.5. The highest BCUT2D eigenvalue weighted by Gasteiger charge is 2.16. The van der Waals surface area contributed by atoms with Gasteiger partial charge in [-0.2, -0.15) is 0 Å². The fraction of sp³-hybridized carbons (Fsp3) is 1.00. The molecule has 1 aliphatic rings. The second kappa shape index (κ2) is 27.3. The lowest BCUT2D eigenvalue weighted by Gasteiger charge is -2.33. The number of hydrogen-bond donors (Lipinski definition) is 2. The maximum absolute atomic E-state index is 10.7. The predicted molar refractivity (Wildman–Crippen MR) is 177 cm³/mol. The fourth-order valence-electron chi connectivity index (χ4n) is 5.47. The Morgan fingerprint density at radius 2 is 1.08 bits per heavy atom. The normalized spacial score (nSPS) is 16.8. The van der Waals surface area contributed by atoms with E-state index in [1.165, 1.54) is 121 Å². The van der Waals surface area contributed by atoms with Gasteiger partial charge in [0.2, 0.25) is 0 Å². The molecule has 0 aliphatic carbocycles. The van der Waals surface area contributed by atoms with Gasteiger partial charge < -0.3 is 15.1 Å². The number of likely N-dealkylation sites (N-methyl/N-ethyl adjacent to an activating group) is 1. The van der Waals surface area contributed by atoms with Gasteiger partial charge in [-0.1, -0.05) is 119 Å². The summed E-state index contributed by atoms with van der Waals surface area (Å²) in [6, 6.07) is 0. The Morgan fingerprint density at radius 3 is 1.62 bits per heavy atom. The minimum Gasteiger partial charge on any atom is -0.392 e. The van der Waals surface area contributed by atoms with Crippen LogP contribution in [0.5, 0.6) is 0 Å². The van der Waals surface area contributed by atoms with Crippen molar-refractivity contribution >= 4 is 21.6 Å². The van der Waals surface area contributed by atoms with Gasteiger partial charge in [0.05, 0.1) is 12.2 Å². The molecule has 2 N–H and O–H groups in total. The Bertz CT molecular complexity index is 486. The van der Waals surface area contributed by atoms with E-state index in [0.29, 0.717) is 0 Å². The second-order valence-electron chi connectivity index (χ2n) is 11.8. The zero-order chi connectivity index (χ0) is 28.4. The van der Waals surface area contributed by atoms with Crippen molar-refractivity contribution in [2.24, 2.45) is 0 Å². The van der Waals surface area contributed by atoms with Crippen LogP contribution in [0.4, 0.5) is 0 Å². The van der Waals surface area contributed by atoms with E-state index in [2.05, 4.69) is 35.5 Å². The molecule has 1 fully saturated rings. The smallest absolute Gasteiger partial charge is 0.0667 e. The lowest BCUT2D eigenvalue weighted by molar-refractivity contribution is 0.0599. The standard InChI is InChI=1S/C32H67N3O2S2/c1-4-7-9-11-13-15-19-31(36)29-35(30-32(37)20-16-14-12-10-8-5-2)21-17-18-27-38-39-28-26-34-24-22-33(6-3)23-25-34/h31-32,36-37H,4-30H2,1-3H3. The molecule has 1 rings (SSSR count). The third-order valence-electron chi connectivity index (χ3n) is 8.16. The van der Waals surface area contributed by atoms with Crippen LogP contribution in [0.1, 0.15) is 124 Å². The van der Waals surface area contributed by atoms with E-state index in [-0.39, 0.29) is 12.2 Å². The molecule has 7 heteroatoms. The van der Waals surface area contributed by atoms with E-state index in [0.717, 1.165) is 51.7 Å². The number of aliphatic hydroxyl groups is 2. The molecule has 0 bridgehead atoms. The minimum absolute atomic E-state index is 0.262. The SMILES string of the molecule is CCCCCCCCC(O)CN(CCCCSSCCN1CCN(CC)CC1)CC(O)CCCCCCCC. The molecule has 1 saturated heterocycles. The molecule has 234 valence electrons. The first-order chi connectivity index (χ1) is 19.1. The molecule has 5 nitrogen and oxygen atoms in total. The molecular formula is C32H67N3O2S2. The van der Waals surface area contributed by atoms with E-state index in [9.17, 15) is 10.2 Å². The van der Waals surface area contributed by atoms with Crippen LogP contribution in [0.3, 0.4) is 0 Å². The molecule has 39 heavy (non-hydrogen) atoms. The molecule has 0 saturated carbocycles. The molecule has 0 aromatic rings. The first kappa shape index (κ1) is 37.5. The summed E-state index contributed by atoms with van der Waals surface area (Å²) >= 11 is 0. The number of nitrogens with zero attached hydrogens (tertiary/aromatic N) is 3. The highest BCUT2D eigenvalue weighted by molar-refractivity contribution is 8.76. The van der Waals surface area contributed by atoms with Crippen LogP contribution in [-0.2, 0) is 0 Å². The number of unbranched alkanes of at least 4 members (excludes halogenated alkanes) is 11. The van der Waals surface area contributed by atoms with E-state index < -0.39 is 0 Å². The average molecular weight is 590 g/mol. The van der Waals surface area contributed by atoms with E-state index in [1.54, 1.807) is 0 Å². The van der Waals surface area contributed by atoms with Gasteiger partial charge in [0.1, 0.15) is 0 Å². The van der Waals surface area contributed by atoms with E-state index in [1.807, 2.05) is 21.6 Å². The summed E-state index contributed by atoms with van der Waals surface area (Å²) in [6.45, 7) is 16.5. The zero-order valence-corrected chi connectivity index (χ0v) is 27.9. The molecule has 0 aromatic heterocycles. The van der Waals surface area contributed by atoms with Gasteiger partial charge in [0.15, 0.2) is 0 Å². The van der Waals surface area contributed by atoms with Crippen LogP contribution in [-0.4, -0.2) is 108 Å². The third kappa shape index (κ3) is 22.7. The van der Waals surface area contributed by atoms with Gasteiger partial charge in [-0.3, -0.25) is 9.80 Å². The van der Waals surface area contributed by atoms with E-state index >= 15 is 0 Å². The fourth-order valence-corrected chi connectivity index (χ4v) is 7.64. The molecule has 0 aromatic carbocycles. The van der Waals surface area contributed by atoms with Crippen LogP contribution < -0.4 is 0 Å². The molecule has 1 aliphatic heterocycles. The minimum atomic E-state index is -0.262. The summed E-state index contributed by atoms with van der Waals surface area (Å²) < 4.78 is 0. The third-order valence-corrected chi connectivity index (χ3v) is 10.6. The van der Waals surface area contributed by atoms with Crippen LogP contribution in [0.15, 0.2) is 0 Å². The van der Waals surface area contributed by atoms with E-state index in [4.69, 9.17) is 0 Å². The van der Waals surface area contributed by atoms with Crippen molar-refractivity contribution < 1.29 is 10.2 Å². The maximum atomic E-state index is 10.7. The second-order valence-corrected chi connectivity index (χ2v) is 14.5. The van der Waals surface area contributed by atoms with Crippen LogP contribution in [0.2, 0.25) is 0 Å². The topological polar surface area (TPSA) is 50.2 Å². The highest BCUT2D eigenvalue weighted by Crippen LogP contribution is 2.23. The van der Waals surface area contributed by atoms with Crippen LogP contribution >= 0.6 is 21.6 Å². The molecule has 0 radical (unpaired) electrons. The van der Waals surface area contributed by atoms with Gasteiger partial charge in [-0.15, -0.1) is 0 Å². The molecule has 2 unspecified atom stereocenters. The number of rotatable bonds is 28. The summed E-state index contributed by atoms with van der Waals surface area (Å²) in [5.41, 5.74) is 0. The molecule has 0 amide bonds. The summed E-state index contributed by atoms with van der Waals surface area (Å²) in [4.78, 5) is 7.52. The van der Waals surface area contributed by atoms with Gasteiger partial charge >= 0.3 is 0 Å². The molecule has 2 atom stereocenters. The van der Waals surface area contributed by atoms with Crippen molar-refractivity contribution in [1.29, 1.82) is 0 Å². The Labute approximate surface area is 252 Å². The molecular weight excluding hydrogens is 523 g/mol. The Hall–Kier alpha value is 0.500. The van der Waals surface area contributed by atoms with Crippen molar-refractivity contribution in [2.45, 2.75) is 136 Å². The number of aliphatic hydroxyl groups excluding tert-OH is 2. The van der Waals surface area contributed by atoms with Gasteiger partial charge in [0, 0.05) is 57.3 Å². The molecule has 0 spiro atoms. The largest absolute Gasteiger partial charge is 0.392 e. The van der Waals surface area contributed by atoms with Crippen molar-refractivity contribution in [3.05, 3.63) is 0 Å². The zero-order valence-electron chi connectivity index (χ0n) is 26.3. The monoisotopic (exact) mass is 589 g/mol. The van der Waals surface area contributed by atoms with Crippen molar-refractivity contribution in [1.82, 2.24) is 14.7 Å². The van der Waals surface area contributed by atoms with Gasteiger partial charge in [0.25, 0.3) is 0 Å². The Kier molecular flexibility index (Phi) is 26.3. The Balaban J connectivity index is 2.23. The summed E-state index contributed by atoms with van der Waals surface area (Å²) in [7, 11) is 4.06. The van der Waals surface area contributed by atoms with Crippen LogP contribution in [0.25, 0.3) is 0 Å². The first-order valence-electron chi connectivity index (χ1n) is 16.9. The predicted octanol–water partition coefficient (Wildman–Crippen LogP) is 7.31. The lowest BCUT2D eigenvalue weighted by atomic mass is 10.1. The first-order valence-corrected chi connectivity index (χ1v) is 19.3. The van der Waals surface area contributed by atoms with Crippen molar-refractivity contribution in [3.63, 3.8) is 0 Å². The Morgan fingerprint density at radius 1 is 0.590 bits per heavy atom. The highest BCUT2D eigenvalue weighted by atomic mass is 33.1. The van der Waals surface area contributed by atoms with Crippen molar-refractivity contribution in [3.8, 4) is 0 Å². The maximum Gasteiger partial charge on any atom is 0.0667 e. The quantitative estimate of drug-likeness (QED) is 0.0733. The number of piperazine rings is 1.